The van der Waals surface area contributed by atoms with Crippen LogP contribution in [-0.4, -0.2) is 58.0 Å². The normalized spacial score (nSPS) is 21.5. The lowest BCUT2D eigenvalue weighted by atomic mass is 10.0. The first kappa shape index (κ1) is 16.7. The topological polar surface area (TPSA) is 87.7 Å². The van der Waals surface area contributed by atoms with Crippen molar-refractivity contribution in [2.75, 3.05) is 39.4 Å². The largest absolute Gasteiger partial charge is 0.379 e. The number of nitrogens with one attached hydrogen (secondary N) is 2. The van der Waals surface area contributed by atoms with E-state index in [0.717, 1.165) is 12.8 Å². The van der Waals surface area contributed by atoms with Gasteiger partial charge >= 0.3 is 0 Å². The average Bonchev–Trinajstić information content (AvgIpc) is 2.97. The van der Waals surface area contributed by atoms with E-state index >= 15 is 0 Å². The number of morpholine rings is 1. The smallest absolute Gasteiger partial charge is 0.279 e. The molecule has 1 heterocycles. The second kappa shape index (κ2) is 8.07. The maximum absolute atomic E-state index is 12.0. The van der Waals surface area contributed by atoms with Crippen molar-refractivity contribution in [2.24, 2.45) is 5.92 Å². The van der Waals surface area contributed by atoms with Crippen molar-refractivity contribution in [3.05, 3.63) is 0 Å². The zero-order valence-corrected chi connectivity index (χ0v) is 13.2. The first-order valence-corrected chi connectivity index (χ1v) is 9.11. The molecular formula is C13H25N3O4S. The van der Waals surface area contributed by atoms with Gasteiger partial charge < -0.3 is 10.1 Å². The molecule has 1 saturated carbocycles. The molecule has 1 aliphatic heterocycles. The lowest BCUT2D eigenvalue weighted by Gasteiger charge is -2.26. The van der Waals surface area contributed by atoms with Crippen LogP contribution in [-0.2, 0) is 19.7 Å². The minimum Gasteiger partial charge on any atom is -0.379 e. The Balaban J connectivity index is 1.60. The predicted molar refractivity (Wildman–Crippen MR) is 78.9 cm³/mol. The van der Waals surface area contributed by atoms with Crippen molar-refractivity contribution in [1.82, 2.24) is 14.3 Å². The fourth-order valence-corrected chi connectivity index (χ4v) is 3.98. The quantitative estimate of drug-likeness (QED) is 0.639. The van der Waals surface area contributed by atoms with Gasteiger partial charge in [0, 0.05) is 32.6 Å². The molecule has 0 unspecified atom stereocenters. The molecule has 0 aromatic carbocycles. The molecule has 0 radical (unpaired) electrons. The van der Waals surface area contributed by atoms with Crippen molar-refractivity contribution in [1.29, 1.82) is 0 Å². The highest BCUT2D eigenvalue weighted by atomic mass is 32.2. The molecular weight excluding hydrogens is 294 g/mol. The van der Waals surface area contributed by atoms with Gasteiger partial charge in [-0.15, -0.1) is 0 Å². The molecule has 2 N–H and O–H groups in total. The number of amides is 1. The molecule has 0 atom stereocenters. The summed E-state index contributed by atoms with van der Waals surface area (Å²) in [6.07, 6.45) is 5.28. The summed E-state index contributed by atoms with van der Waals surface area (Å²) in [5.74, 6) is 0.530. The number of carbonyl (C=O) groups is 1. The van der Waals surface area contributed by atoms with Crippen molar-refractivity contribution >= 4 is 16.1 Å². The zero-order chi connectivity index (χ0) is 15.1. The zero-order valence-electron chi connectivity index (χ0n) is 12.3. The standard InChI is InChI=1S/C13H25N3O4S/c17-13(11-12-3-1-2-4-12)14-5-6-15-21(18,19)16-7-9-20-10-8-16/h12,15H,1-11H2,(H,14,17). The summed E-state index contributed by atoms with van der Waals surface area (Å²) in [4.78, 5) is 11.7. The highest BCUT2D eigenvalue weighted by Crippen LogP contribution is 2.27. The van der Waals surface area contributed by atoms with Crippen molar-refractivity contribution in [3.63, 3.8) is 0 Å². The van der Waals surface area contributed by atoms with Gasteiger partial charge in [0.2, 0.25) is 5.91 Å². The minimum atomic E-state index is -3.45. The number of hydrogen-bond donors (Lipinski definition) is 2. The van der Waals surface area contributed by atoms with Crippen LogP contribution < -0.4 is 10.0 Å². The molecule has 1 amide bonds. The molecule has 1 saturated heterocycles. The molecule has 2 rings (SSSR count). The van der Waals surface area contributed by atoms with Crippen LogP contribution in [0.4, 0.5) is 0 Å². The second-order valence-electron chi connectivity index (χ2n) is 5.62. The molecule has 21 heavy (non-hydrogen) atoms. The molecule has 0 bridgehead atoms. The highest BCUT2D eigenvalue weighted by molar-refractivity contribution is 7.87. The van der Waals surface area contributed by atoms with Crippen LogP contribution in [0.25, 0.3) is 0 Å². The Kier molecular flexibility index (Phi) is 6.40. The minimum absolute atomic E-state index is 0.0208. The van der Waals surface area contributed by atoms with Crippen LogP contribution >= 0.6 is 0 Å². The third-order valence-electron chi connectivity index (χ3n) is 3.99. The van der Waals surface area contributed by atoms with E-state index in [-0.39, 0.29) is 12.5 Å². The summed E-state index contributed by atoms with van der Waals surface area (Å²) in [6, 6.07) is 0. The van der Waals surface area contributed by atoms with Crippen molar-refractivity contribution in [2.45, 2.75) is 32.1 Å². The van der Waals surface area contributed by atoms with E-state index in [4.69, 9.17) is 4.74 Å². The molecule has 2 aliphatic rings. The second-order valence-corrected chi connectivity index (χ2v) is 7.37. The van der Waals surface area contributed by atoms with Gasteiger partial charge in [-0.05, 0) is 18.8 Å². The Bertz CT molecular complexity index is 429. The molecule has 122 valence electrons. The average molecular weight is 319 g/mol. The Morgan fingerprint density at radius 3 is 2.48 bits per heavy atom. The highest BCUT2D eigenvalue weighted by Gasteiger charge is 2.23. The van der Waals surface area contributed by atoms with Crippen LogP contribution in [0.1, 0.15) is 32.1 Å². The number of nitrogens with zero attached hydrogens (tertiary/aromatic N) is 1. The Labute approximate surface area is 126 Å². The van der Waals surface area contributed by atoms with Crippen molar-refractivity contribution < 1.29 is 17.9 Å². The fraction of sp³-hybridized carbons (Fsp3) is 0.923. The molecule has 2 fully saturated rings. The third-order valence-corrected chi connectivity index (χ3v) is 5.60. The van der Waals surface area contributed by atoms with Gasteiger partial charge in [-0.1, -0.05) is 12.8 Å². The van der Waals surface area contributed by atoms with Crippen LogP contribution in [0, 0.1) is 5.92 Å². The van der Waals surface area contributed by atoms with E-state index in [9.17, 15) is 13.2 Å². The molecule has 0 aromatic rings. The molecule has 0 spiro atoms. The Hall–Kier alpha value is -0.700. The van der Waals surface area contributed by atoms with Crippen LogP contribution in [0.2, 0.25) is 0 Å². The summed E-state index contributed by atoms with van der Waals surface area (Å²) in [5.41, 5.74) is 0. The summed E-state index contributed by atoms with van der Waals surface area (Å²) in [7, 11) is -3.45. The van der Waals surface area contributed by atoms with Crippen LogP contribution in [0.5, 0.6) is 0 Å². The Morgan fingerprint density at radius 2 is 1.81 bits per heavy atom. The summed E-state index contributed by atoms with van der Waals surface area (Å²) in [6.45, 7) is 2.16. The lowest BCUT2D eigenvalue weighted by molar-refractivity contribution is -0.121. The van der Waals surface area contributed by atoms with E-state index in [0.29, 0.717) is 45.2 Å². The van der Waals surface area contributed by atoms with E-state index in [2.05, 4.69) is 10.0 Å². The number of ether oxygens (including phenoxy) is 1. The predicted octanol–water partition coefficient (Wildman–Crippen LogP) is -0.150. The molecule has 8 heteroatoms. The van der Waals surface area contributed by atoms with Crippen molar-refractivity contribution in [3.8, 4) is 0 Å². The van der Waals surface area contributed by atoms with Gasteiger partial charge in [-0.3, -0.25) is 4.79 Å². The van der Waals surface area contributed by atoms with E-state index in [1.807, 2.05) is 0 Å². The molecule has 7 nitrogen and oxygen atoms in total. The monoisotopic (exact) mass is 319 g/mol. The summed E-state index contributed by atoms with van der Waals surface area (Å²) >= 11 is 0. The number of hydrogen-bond acceptors (Lipinski definition) is 4. The Morgan fingerprint density at radius 1 is 1.14 bits per heavy atom. The molecule has 1 aliphatic carbocycles. The SMILES string of the molecule is O=C(CC1CCCC1)NCCNS(=O)(=O)N1CCOCC1. The maximum Gasteiger partial charge on any atom is 0.279 e. The third kappa shape index (κ3) is 5.54. The number of carbonyl (C=O) groups excluding carboxylic acids is 1. The van der Waals surface area contributed by atoms with Crippen LogP contribution in [0.15, 0.2) is 0 Å². The van der Waals surface area contributed by atoms with Gasteiger partial charge in [0.15, 0.2) is 0 Å². The van der Waals surface area contributed by atoms with Gasteiger partial charge in [0.25, 0.3) is 10.2 Å². The summed E-state index contributed by atoms with van der Waals surface area (Å²) in [5, 5.41) is 2.78. The van der Waals surface area contributed by atoms with Gasteiger partial charge in [0.1, 0.15) is 0 Å². The summed E-state index contributed by atoms with van der Waals surface area (Å²) < 4.78 is 32.9. The fourth-order valence-electron chi connectivity index (χ4n) is 2.81. The van der Waals surface area contributed by atoms with E-state index in [1.165, 1.54) is 17.1 Å². The lowest BCUT2D eigenvalue weighted by Crippen LogP contribution is -2.48. The van der Waals surface area contributed by atoms with E-state index < -0.39 is 10.2 Å². The first-order valence-electron chi connectivity index (χ1n) is 7.67. The van der Waals surface area contributed by atoms with Crippen LogP contribution in [0.3, 0.4) is 0 Å². The van der Waals surface area contributed by atoms with E-state index in [1.54, 1.807) is 0 Å². The van der Waals surface area contributed by atoms with Gasteiger partial charge in [-0.2, -0.15) is 12.7 Å². The van der Waals surface area contributed by atoms with Gasteiger partial charge in [0.05, 0.1) is 13.2 Å². The van der Waals surface area contributed by atoms with Gasteiger partial charge in [-0.25, -0.2) is 4.72 Å². The first-order chi connectivity index (χ1) is 10.1. The number of rotatable bonds is 7. The maximum atomic E-state index is 12.0. The molecule has 0 aromatic heterocycles.